The van der Waals surface area contributed by atoms with Gasteiger partial charge in [0.05, 0.1) is 11.6 Å². The Morgan fingerprint density at radius 3 is 3.00 bits per heavy atom. The molecular formula is C14H17N3O. The second-order valence-corrected chi connectivity index (χ2v) is 4.25. The molecule has 0 aliphatic heterocycles. The summed E-state index contributed by atoms with van der Waals surface area (Å²) in [5.41, 5.74) is 2.13. The van der Waals surface area contributed by atoms with Gasteiger partial charge in [0.15, 0.2) is 0 Å². The van der Waals surface area contributed by atoms with Crippen LogP contribution in [0.4, 0.5) is 0 Å². The average molecular weight is 243 g/mol. The van der Waals surface area contributed by atoms with E-state index < -0.39 is 0 Å². The number of carbonyl (C=O) groups excluding carboxylic acids is 1. The van der Waals surface area contributed by atoms with Crippen LogP contribution in [0.15, 0.2) is 36.5 Å². The Kier molecular flexibility index (Phi) is 3.89. The second-order valence-electron chi connectivity index (χ2n) is 4.25. The van der Waals surface area contributed by atoms with Crippen LogP contribution < -0.4 is 10.6 Å². The first kappa shape index (κ1) is 12.5. The predicted molar refractivity (Wildman–Crippen MR) is 72.1 cm³/mol. The Bertz CT molecular complexity index is 553. The van der Waals surface area contributed by atoms with E-state index in [-0.39, 0.29) is 11.9 Å². The Morgan fingerprint density at radius 1 is 1.39 bits per heavy atom. The molecular weight excluding hydrogens is 226 g/mol. The molecule has 0 fully saturated rings. The van der Waals surface area contributed by atoms with E-state index >= 15 is 0 Å². The number of nitrogens with one attached hydrogen (secondary N) is 2. The van der Waals surface area contributed by atoms with Gasteiger partial charge in [0.1, 0.15) is 0 Å². The number of aromatic nitrogens is 1. The highest BCUT2D eigenvalue weighted by Gasteiger charge is 2.09. The van der Waals surface area contributed by atoms with Crippen molar-refractivity contribution >= 4 is 16.8 Å². The number of likely N-dealkylation sites (N-methyl/N-ethyl adjacent to an activating group) is 1. The summed E-state index contributed by atoms with van der Waals surface area (Å²) < 4.78 is 0. The fraction of sp³-hybridized carbons (Fsp3) is 0.286. The number of benzene rings is 1. The van der Waals surface area contributed by atoms with Crippen LogP contribution >= 0.6 is 0 Å². The van der Waals surface area contributed by atoms with Crippen LogP contribution in [0.25, 0.3) is 10.9 Å². The maximum absolute atomic E-state index is 11.4. The van der Waals surface area contributed by atoms with Gasteiger partial charge in [-0.15, -0.1) is 0 Å². The molecule has 2 rings (SSSR count). The van der Waals surface area contributed by atoms with E-state index in [9.17, 15) is 4.79 Å². The number of pyridine rings is 1. The Hall–Kier alpha value is -1.94. The molecule has 1 aromatic carbocycles. The number of fused-ring (bicyclic) bond motifs is 1. The van der Waals surface area contributed by atoms with Crippen LogP contribution in [0.5, 0.6) is 0 Å². The minimum absolute atomic E-state index is 0.00236. The van der Waals surface area contributed by atoms with Crippen molar-refractivity contribution in [2.45, 2.75) is 19.5 Å². The van der Waals surface area contributed by atoms with E-state index in [4.69, 9.17) is 0 Å². The summed E-state index contributed by atoms with van der Waals surface area (Å²) in [6, 6.07) is 9.88. The third-order valence-electron chi connectivity index (χ3n) is 2.92. The van der Waals surface area contributed by atoms with Gasteiger partial charge in [-0.25, -0.2) is 0 Å². The van der Waals surface area contributed by atoms with E-state index in [1.54, 1.807) is 13.2 Å². The fourth-order valence-electron chi connectivity index (χ4n) is 1.82. The number of carbonyl (C=O) groups is 1. The lowest BCUT2D eigenvalue weighted by Crippen LogP contribution is -2.40. The molecule has 2 N–H and O–H groups in total. The Morgan fingerprint density at radius 2 is 2.22 bits per heavy atom. The molecule has 1 unspecified atom stereocenters. The minimum atomic E-state index is -0.195. The smallest absolute Gasteiger partial charge is 0.236 e. The highest BCUT2D eigenvalue weighted by molar-refractivity contribution is 5.81. The number of amides is 1. The molecule has 0 aliphatic rings. The minimum Gasteiger partial charge on any atom is -0.358 e. The van der Waals surface area contributed by atoms with Crippen LogP contribution in [-0.4, -0.2) is 24.0 Å². The monoisotopic (exact) mass is 243 g/mol. The number of nitrogens with zero attached hydrogens (tertiary/aromatic N) is 1. The second kappa shape index (κ2) is 5.60. The highest BCUT2D eigenvalue weighted by Crippen LogP contribution is 2.13. The largest absolute Gasteiger partial charge is 0.358 e. The van der Waals surface area contributed by atoms with Gasteiger partial charge in [-0.3, -0.25) is 9.78 Å². The summed E-state index contributed by atoms with van der Waals surface area (Å²) in [5, 5.41) is 6.92. The van der Waals surface area contributed by atoms with Crippen molar-refractivity contribution in [1.82, 2.24) is 15.6 Å². The SMILES string of the molecule is CNC(=O)C(C)NCc1ccc2ncccc2c1. The van der Waals surface area contributed by atoms with Crippen molar-refractivity contribution in [1.29, 1.82) is 0 Å². The summed E-state index contributed by atoms with van der Waals surface area (Å²) in [5.74, 6) is -0.00236. The van der Waals surface area contributed by atoms with E-state index in [1.807, 2.05) is 31.2 Å². The van der Waals surface area contributed by atoms with E-state index in [1.165, 1.54) is 0 Å². The van der Waals surface area contributed by atoms with Crippen LogP contribution in [0.1, 0.15) is 12.5 Å². The number of hydrogen-bond donors (Lipinski definition) is 2. The van der Waals surface area contributed by atoms with E-state index in [2.05, 4.69) is 21.7 Å². The van der Waals surface area contributed by atoms with E-state index in [0.717, 1.165) is 16.5 Å². The van der Waals surface area contributed by atoms with Gasteiger partial charge in [-0.1, -0.05) is 12.1 Å². The zero-order valence-corrected chi connectivity index (χ0v) is 10.6. The van der Waals surface area contributed by atoms with E-state index in [0.29, 0.717) is 6.54 Å². The van der Waals surface area contributed by atoms with Crippen LogP contribution in [0.3, 0.4) is 0 Å². The van der Waals surface area contributed by atoms with Gasteiger partial charge < -0.3 is 10.6 Å². The van der Waals surface area contributed by atoms with Crippen molar-refractivity contribution in [2.24, 2.45) is 0 Å². The van der Waals surface area contributed by atoms with Gasteiger partial charge in [-0.05, 0) is 30.7 Å². The van der Waals surface area contributed by atoms with Crippen molar-refractivity contribution in [3.05, 3.63) is 42.1 Å². The molecule has 0 saturated heterocycles. The molecule has 1 amide bonds. The quantitative estimate of drug-likeness (QED) is 0.854. The van der Waals surface area contributed by atoms with Gasteiger partial charge in [0, 0.05) is 25.2 Å². The predicted octanol–water partition coefficient (Wildman–Crippen LogP) is 1.46. The topological polar surface area (TPSA) is 54.0 Å². The first-order valence-electron chi connectivity index (χ1n) is 5.99. The van der Waals surface area contributed by atoms with Crippen LogP contribution in [0, 0.1) is 0 Å². The standard InChI is InChI=1S/C14H17N3O/c1-10(14(18)15-2)17-9-11-5-6-13-12(8-11)4-3-7-16-13/h3-8,10,17H,9H2,1-2H3,(H,15,18). The summed E-state index contributed by atoms with van der Waals surface area (Å²) in [7, 11) is 1.64. The van der Waals surface area contributed by atoms with Crippen molar-refractivity contribution < 1.29 is 4.79 Å². The Labute approximate surface area is 106 Å². The average Bonchev–Trinajstić information content (AvgIpc) is 2.43. The molecule has 94 valence electrons. The molecule has 4 heteroatoms. The van der Waals surface area contributed by atoms with Crippen LogP contribution in [0.2, 0.25) is 0 Å². The summed E-state index contributed by atoms with van der Waals surface area (Å²) >= 11 is 0. The maximum atomic E-state index is 11.4. The highest BCUT2D eigenvalue weighted by atomic mass is 16.2. The van der Waals surface area contributed by atoms with Crippen molar-refractivity contribution in [3.63, 3.8) is 0 Å². The first-order valence-corrected chi connectivity index (χ1v) is 5.99. The maximum Gasteiger partial charge on any atom is 0.236 e. The fourth-order valence-corrected chi connectivity index (χ4v) is 1.82. The molecule has 1 heterocycles. The molecule has 0 bridgehead atoms. The molecule has 2 aromatic rings. The third kappa shape index (κ3) is 2.84. The van der Waals surface area contributed by atoms with Gasteiger partial charge in [-0.2, -0.15) is 0 Å². The molecule has 0 saturated carbocycles. The van der Waals surface area contributed by atoms with Crippen molar-refractivity contribution in [2.75, 3.05) is 7.05 Å². The molecule has 0 radical (unpaired) electrons. The van der Waals surface area contributed by atoms with Crippen molar-refractivity contribution in [3.8, 4) is 0 Å². The van der Waals surface area contributed by atoms with Crippen LogP contribution in [-0.2, 0) is 11.3 Å². The zero-order valence-electron chi connectivity index (χ0n) is 10.6. The molecule has 1 atom stereocenters. The number of hydrogen-bond acceptors (Lipinski definition) is 3. The lowest BCUT2D eigenvalue weighted by molar-refractivity contribution is -0.122. The lowest BCUT2D eigenvalue weighted by Gasteiger charge is -2.12. The molecule has 1 aromatic heterocycles. The molecule has 4 nitrogen and oxygen atoms in total. The zero-order chi connectivity index (χ0) is 13.0. The van der Waals surface area contributed by atoms with Gasteiger partial charge in [0.2, 0.25) is 5.91 Å². The summed E-state index contributed by atoms with van der Waals surface area (Å²) in [4.78, 5) is 15.6. The molecule has 0 spiro atoms. The molecule has 0 aliphatic carbocycles. The lowest BCUT2D eigenvalue weighted by atomic mass is 10.1. The van der Waals surface area contributed by atoms with Gasteiger partial charge >= 0.3 is 0 Å². The molecule has 18 heavy (non-hydrogen) atoms. The summed E-state index contributed by atoms with van der Waals surface area (Å²) in [6.07, 6.45) is 1.79. The third-order valence-corrected chi connectivity index (χ3v) is 2.92. The summed E-state index contributed by atoms with van der Waals surface area (Å²) in [6.45, 7) is 2.51. The normalized spacial score (nSPS) is 12.3. The number of rotatable bonds is 4. The van der Waals surface area contributed by atoms with Gasteiger partial charge in [0.25, 0.3) is 0 Å². The Balaban J connectivity index is 2.06. The first-order chi connectivity index (χ1) is 8.70.